The number of fused-ring (bicyclic) bond motifs is 1. The van der Waals surface area contributed by atoms with Crippen molar-refractivity contribution in [1.82, 2.24) is 10.2 Å². The quantitative estimate of drug-likeness (QED) is 0.882. The summed E-state index contributed by atoms with van der Waals surface area (Å²) in [6, 6.07) is 5.80. The normalized spacial score (nSPS) is 28.8. The molecule has 2 aliphatic rings. The predicted molar refractivity (Wildman–Crippen MR) is 84.1 cm³/mol. The standard InChI is InChI=1S/C15H18BrClN2O/c1-2-14-11-7-18-6-10(11)8-19(14)15(20)9-3-4-12(16)13(17)5-9/h3-5,10-11,14,18H,2,6-8H2,1H3. The van der Waals surface area contributed by atoms with Crippen molar-refractivity contribution in [3.05, 3.63) is 33.3 Å². The highest BCUT2D eigenvalue weighted by atomic mass is 79.9. The first-order chi connectivity index (χ1) is 9.61. The minimum absolute atomic E-state index is 0.112. The highest BCUT2D eigenvalue weighted by Crippen LogP contribution is 2.35. The third-order valence-corrected chi connectivity index (χ3v) is 5.80. The van der Waals surface area contributed by atoms with Crippen LogP contribution in [0.5, 0.6) is 0 Å². The van der Waals surface area contributed by atoms with Crippen LogP contribution in [-0.2, 0) is 0 Å². The van der Waals surface area contributed by atoms with Gasteiger partial charge < -0.3 is 10.2 Å². The van der Waals surface area contributed by atoms with Crippen LogP contribution in [0.1, 0.15) is 23.7 Å². The van der Waals surface area contributed by atoms with Gasteiger partial charge in [-0.3, -0.25) is 4.79 Å². The van der Waals surface area contributed by atoms with E-state index < -0.39 is 0 Å². The summed E-state index contributed by atoms with van der Waals surface area (Å²) in [5.41, 5.74) is 0.685. The molecule has 0 spiro atoms. The van der Waals surface area contributed by atoms with Gasteiger partial charge in [0, 0.05) is 35.7 Å². The molecule has 3 unspecified atom stereocenters. The fraction of sp³-hybridized carbons (Fsp3) is 0.533. The van der Waals surface area contributed by atoms with E-state index in [0.29, 0.717) is 28.5 Å². The van der Waals surface area contributed by atoms with Gasteiger partial charge in [-0.1, -0.05) is 18.5 Å². The van der Waals surface area contributed by atoms with Crippen LogP contribution in [0.3, 0.4) is 0 Å². The molecule has 5 heteroatoms. The minimum atomic E-state index is 0.112. The van der Waals surface area contributed by atoms with Gasteiger partial charge in [0.2, 0.25) is 0 Å². The van der Waals surface area contributed by atoms with Crippen LogP contribution in [0.25, 0.3) is 0 Å². The average Bonchev–Trinajstić information content (AvgIpc) is 3.01. The molecule has 0 saturated carbocycles. The topological polar surface area (TPSA) is 32.3 Å². The molecule has 1 N–H and O–H groups in total. The SMILES string of the molecule is CCC1C2CNCC2CN1C(=O)c1ccc(Br)c(Cl)c1. The molecule has 2 fully saturated rings. The van der Waals surface area contributed by atoms with Gasteiger partial charge in [0.15, 0.2) is 0 Å². The molecular weight excluding hydrogens is 340 g/mol. The van der Waals surface area contributed by atoms with Gasteiger partial charge in [-0.25, -0.2) is 0 Å². The summed E-state index contributed by atoms with van der Waals surface area (Å²) in [7, 11) is 0. The van der Waals surface area contributed by atoms with E-state index in [4.69, 9.17) is 11.6 Å². The fourth-order valence-electron chi connectivity index (χ4n) is 3.57. The number of nitrogens with one attached hydrogen (secondary N) is 1. The number of amides is 1. The Hall–Kier alpha value is -0.580. The second-order valence-corrected chi connectivity index (χ2v) is 6.91. The molecule has 0 aliphatic carbocycles. The van der Waals surface area contributed by atoms with Crippen molar-refractivity contribution in [2.75, 3.05) is 19.6 Å². The fourth-order valence-corrected chi connectivity index (χ4v) is 4.00. The van der Waals surface area contributed by atoms with Crippen molar-refractivity contribution >= 4 is 33.4 Å². The number of carbonyl (C=O) groups excluding carboxylic acids is 1. The Labute approximate surface area is 132 Å². The second kappa shape index (κ2) is 5.66. The number of benzene rings is 1. The maximum absolute atomic E-state index is 12.7. The zero-order valence-electron chi connectivity index (χ0n) is 11.4. The lowest BCUT2D eigenvalue weighted by atomic mass is 9.93. The van der Waals surface area contributed by atoms with E-state index in [0.717, 1.165) is 30.5 Å². The van der Waals surface area contributed by atoms with Crippen LogP contribution in [0, 0.1) is 11.8 Å². The van der Waals surface area contributed by atoms with E-state index in [9.17, 15) is 4.79 Å². The van der Waals surface area contributed by atoms with E-state index in [1.54, 1.807) is 6.07 Å². The summed E-state index contributed by atoms with van der Waals surface area (Å²) in [5.74, 6) is 1.32. The highest BCUT2D eigenvalue weighted by molar-refractivity contribution is 9.10. The van der Waals surface area contributed by atoms with Gasteiger partial charge in [-0.2, -0.15) is 0 Å². The Morgan fingerprint density at radius 1 is 1.50 bits per heavy atom. The van der Waals surface area contributed by atoms with Gasteiger partial charge in [0.05, 0.1) is 5.02 Å². The second-order valence-electron chi connectivity index (χ2n) is 5.64. The molecule has 108 valence electrons. The van der Waals surface area contributed by atoms with E-state index in [-0.39, 0.29) is 5.91 Å². The van der Waals surface area contributed by atoms with Gasteiger partial charge >= 0.3 is 0 Å². The summed E-state index contributed by atoms with van der Waals surface area (Å²) in [6.07, 6.45) is 1.01. The van der Waals surface area contributed by atoms with Crippen molar-refractivity contribution in [1.29, 1.82) is 0 Å². The van der Waals surface area contributed by atoms with Crippen molar-refractivity contribution in [2.45, 2.75) is 19.4 Å². The Morgan fingerprint density at radius 3 is 3.00 bits per heavy atom. The molecule has 3 rings (SSSR count). The van der Waals surface area contributed by atoms with Crippen LogP contribution >= 0.6 is 27.5 Å². The molecule has 1 amide bonds. The first-order valence-electron chi connectivity index (χ1n) is 7.08. The Bertz CT molecular complexity index is 537. The summed E-state index contributed by atoms with van der Waals surface area (Å²) in [5, 5.41) is 4.03. The van der Waals surface area contributed by atoms with Gasteiger partial charge in [0.25, 0.3) is 5.91 Å². The zero-order chi connectivity index (χ0) is 14.3. The predicted octanol–water partition coefficient (Wildman–Crippen LogP) is 3.17. The third kappa shape index (κ3) is 2.38. The first kappa shape index (κ1) is 14.4. The van der Waals surface area contributed by atoms with E-state index in [1.165, 1.54) is 0 Å². The average molecular weight is 358 g/mol. The molecule has 1 aromatic carbocycles. The van der Waals surface area contributed by atoms with Crippen LogP contribution in [0.4, 0.5) is 0 Å². The maximum atomic E-state index is 12.7. The molecular formula is C15H18BrClN2O. The molecule has 2 aliphatic heterocycles. The highest BCUT2D eigenvalue weighted by Gasteiger charge is 2.45. The van der Waals surface area contributed by atoms with Crippen molar-refractivity contribution < 1.29 is 4.79 Å². The van der Waals surface area contributed by atoms with Gasteiger partial charge in [0.1, 0.15) is 0 Å². The Kier molecular flexibility index (Phi) is 4.07. The number of halogens is 2. The number of rotatable bonds is 2. The summed E-state index contributed by atoms with van der Waals surface area (Å²) >= 11 is 9.46. The lowest BCUT2D eigenvalue weighted by molar-refractivity contribution is 0.0711. The zero-order valence-corrected chi connectivity index (χ0v) is 13.7. The Balaban J connectivity index is 1.84. The number of likely N-dealkylation sites (tertiary alicyclic amines) is 1. The van der Waals surface area contributed by atoms with E-state index in [2.05, 4.69) is 33.1 Å². The van der Waals surface area contributed by atoms with Crippen molar-refractivity contribution in [3.63, 3.8) is 0 Å². The summed E-state index contributed by atoms with van der Waals surface area (Å²) in [4.78, 5) is 14.8. The van der Waals surface area contributed by atoms with Crippen LogP contribution < -0.4 is 5.32 Å². The molecule has 3 nitrogen and oxygen atoms in total. The monoisotopic (exact) mass is 356 g/mol. The number of carbonyl (C=O) groups is 1. The number of nitrogens with zero attached hydrogens (tertiary/aromatic N) is 1. The molecule has 0 bridgehead atoms. The molecule has 0 radical (unpaired) electrons. The number of hydrogen-bond donors (Lipinski definition) is 1. The molecule has 0 aromatic heterocycles. The molecule has 2 saturated heterocycles. The van der Waals surface area contributed by atoms with Gasteiger partial charge in [-0.05, 0) is 52.4 Å². The smallest absolute Gasteiger partial charge is 0.254 e. The van der Waals surface area contributed by atoms with Crippen LogP contribution in [-0.4, -0.2) is 36.5 Å². The molecule has 1 aromatic rings. The largest absolute Gasteiger partial charge is 0.335 e. The third-order valence-electron chi connectivity index (χ3n) is 4.56. The van der Waals surface area contributed by atoms with Gasteiger partial charge in [-0.15, -0.1) is 0 Å². The van der Waals surface area contributed by atoms with E-state index >= 15 is 0 Å². The maximum Gasteiger partial charge on any atom is 0.254 e. The first-order valence-corrected chi connectivity index (χ1v) is 8.25. The minimum Gasteiger partial charge on any atom is -0.335 e. The lowest BCUT2D eigenvalue weighted by Gasteiger charge is -2.27. The van der Waals surface area contributed by atoms with E-state index in [1.807, 2.05) is 12.1 Å². The van der Waals surface area contributed by atoms with Crippen molar-refractivity contribution in [3.8, 4) is 0 Å². The van der Waals surface area contributed by atoms with Crippen molar-refractivity contribution in [2.24, 2.45) is 11.8 Å². The molecule has 20 heavy (non-hydrogen) atoms. The summed E-state index contributed by atoms with van der Waals surface area (Å²) in [6.45, 7) is 5.10. The molecule has 3 atom stereocenters. The lowest BCUT2D eigenvalue weighted by Crippen LogP contribution is -2.39. The van der Waals surface area contributed by atoms with Crippen LogP contribution in [0.2, 0.25) is 5.02 Å². The number of hydrogen-bond acceptors (Lipinski definition) is 2. The molecule has 2 heterocycles. The van der Waals surface area contributed by atoms with Crippen LogP contribution in [0.15, 0.2) is 22.7 Å². The summed E-state index contributed by atoms with van der Waals surface area (Å²) < 4.78 is 0.824. The Morgan fingerprint density at radius 2 is 2.30 bits per heavy atom.